The van der Waals surface area contributed by atoms with E-state index < -0.39 is 29.0 Å². The van der Waals surface area contributed by atoms with Crippen molar-refractivity contribution in [2.24, 2.45) is 0 Å². The minimum absolute atomic E-state index is 0.00754. The smallest absolute Gasteiger partial charge is 0.421 e. The molecule has 0 bridgehead atoms. The van der Waals surface area contributed by atoms with Gasteiger partial charge in [-0.2, -0.15) is 18.3 Å². The van der Waals surface area contributed by atoms with Gasteiger partial charge in [0, 0.05) is 31.8 Å². The number of pyridine rings is 2. The molecule has 1 N–H and O–H groups in total. The average Bonchev–Trinajstić information content (AvgIpc) is 3.32. The Morgan fingerprint density at radius 3 is 2.37 bits per heavy atom. The van der Waals surface area contributed by atoms with Crippen LogP contribution < -0.4 is 15.6 Å². The molecule has 0 fully saturated rings. The summed E-state index contributed by atoms with van der Waals surface area (Å²) in [6.07, 6.45) is -0.774. The number of rotatable bonds is 10. The van der Waals surface area contributed by atoms with Crippen LogP contribution in [0.15, 0.2) is 59.8 Å². The van der Waals surface area contributed by atoms with Gasteiger partial charge in [-0.05, 0) is 17.2 Å². The number of carbonyl (C=O) groups excluding carboxylic acids is 1. The van der Waals surface area contributed by atoms with Crippen LogP contribution in [0.4, 0.5) is 17.6 Å². The van der Waals surface area contributed by atoms with Gasteiger partial charge in [-0.25, -0.2) is 4.39 Å². The van der Waals surface area contributed by atoms with E-state index in [9.17, 15) is 27.2 Å². The first-order valence-electron chi connectivity index (χ1n) is 12.1. The zero-order chi connectivity index (χ0) is 29.7. The van der Waals surface area contributed by atoms with Crippen LogP contribution >= 0.6 is 11.6 Å². The number of hydrogen-bond acceptors (Lipinski definition) is 6. The van der Waals surface area contributed by atoms with Crippen molar-refractivity contribution >= 4 is 17.5 Å². The van der Waals surface area contributed by atoms with E-state index in [0.717, 1.165) is 16.3 Å². The van der Waals surface area contributed by atoms with E-state index >= 15 is 0 Å². The van der Waals surface area contributed by atoms with Crippen molar-refractivity contribution in [1.29, 1.82) is 0 Å². The van der Waals surface area contributed by atoms with E-state index in [-0.39, 0.29) is 48.3 Å². The average molecular weight is 594 g/mol. The number of nitrogens with zero attached hydrogens (tertiary/aromatic N) is 4. The number of alkyl halides is 3. The van der Waals surface area contributed by atoms with Gasteiger partial charge in [0.1, 0.15) is 11.3 Å². The molecule has 9 nitrogen and oxygen atoms in total. The number of halogens is 5. The predicted molar refractivity (Wildman–Crippen MR) is 140 cm³/mol. The van der Waals surface area contributed by atoms with Crippen LogP contribution in [-0.4, -0.2) is 39.5 Å². The number of methoxy groups -OCH3 is 2. The fourth-order valence-electron chi connectivity index (χ4n) is 4.04. The molecule has 4 aromatic rings. The van der Waals surface area contributed by atoms with Gasteiger partial charge in [-0.1, -0.05) is 35.9 Å². The molecule has 216 valence electrons. The molecular weight excluding hydrogens is 570 g/mol. The van der Waals surface area contributed by atoms with E-state index in [1.165, 1.54) is 37.4 Å². The molecule has 14 heteroatoms. The van der Waals surface area contributed by atoms with Crippen molar-refractivity contribution in [3.8, 4) is 5.75 Å². The van der Waals surface area contributed by atoms with E-state index in [0.29, 0.717) is 17.3 Å². The minimum Gasteiger partial charge on any atom is -0.494 e. The second-order valence-electron chi connectivity index (χ2n) is 8.90. The molecular formula is C27H24ClF4N5O4. The van der Waals surface area contributed by atoms with Crippen molar-refractivity contribution < 1.29 is 31.8 Å². The summed E-state index contributed by atoms with van der Waals surface area (Å²) >= 11 is 5.81. The van der Waals surface area contributed by atoms with E-state index in [1.807, 2.05) is 0 Å². The first-order chi connectivity index (χ1) is 19.5. The van der Waals surface area contributed by atoms with Crippen LogP contribution in [0, 0.1) is 5.82 Å². The Labute approximate surface area is 236 Å². The molecule has 0 saturated heterocycles. The molecule has 41 heavy (non-hydrogen) atoms. The molecule has 0 unspecified atom stereocenters. The van der Waals surface area contributed by atoms with Gasteiger partial charge in [0.25, 0.3) is 11.5 Å². The molecule has 0 aliphatic rings. The summed E-state index contributed by atoms with van der Waals surface area (Å²) in [7, 11) is 2.78. The highest BCUT2D eigenvalue weighted by Gasteiger charge is 2.35. The molecule has 1 aromatic carbocycles. The highest BCUT2D eigenvalue weighted by atomic mass is 35.5. The van der Waals surface area contributed by atoms with Crippen LogP contribution in [-0.2, 0) is 37.2 Å². The van der Waals surface area contributed by atoms with Crippen LogP contribution in [0.3, 0.4) is 0 Å². The van der Waals surface area contributed by atoms with Crippen molar-refractivity contribution in [2.45, 2.75) is 32.4 Å². The van der Waals surface area contributed by atoms with Gasteiger partial charge in [0.15, 0.2) is 11.6 Å². The maximum atomic E-state index is 14.4. The molecule has 4 rings (SSSR count). The van der Waals surface area contributed by atoms with Crippen molar-refractivity contribution in [2.75, 3.05) is 14.2 Å². The summed E-state index contributed by atoms with van der Waals surface area (Å²) in [5.41, 5.74) is -0.586. The van der Waals surface area contributed by atoms with E-state index in [4.69, 9.17) is 21.1 Å². The molecule has 0 aliphatic carbocycles. The number of benzene rings is 1. The number of ether oxygens (including phenoxy) is 2. The molecule has 1 amide bonds. The SMILES string of the molecule is COCc1nn(Cc2ccc(Cn3cc(Cl)cc(C(F)(F)F)c3=O)cc2)cc1C(=O)NCc1nccc(OC)c1F. The fourth-order valence-corrected chi connectivity index (χ4v) is 4.26. The lowest BCUT2D eigenvalue weighted by Crippen LogP contribution is -2.28. The predicted octanol–water partition coefficient (Wildman–Crippen LogP) is 4.43. The standard InChI is InChI=1S/C27H24ClF4N5O4/c1-40-15-22-19(25(38)34-10-21-24(29)23(41-2)7-8-33-21)14-37(35-22)12-17-5-3-16(4-6-17)11-36-13-18(28)9-20(26(36)39)27(30,31)32/h3-9,13-14H,10-12,15H2,1-2H3,(H,34,38). The summed E-state index contributed by atoms with van der Waals surface area (Å²) in [6.45, 7) is 0.0110. The quantitative estimate of drug-likeness (QED) is 0.273. The number of amides is 1. The van der Waals surface area contributed by atoms with Gasteiger partial charge < -0.3 is 19.4 Å². The zero-order valence-corrected chi connectivity index (χ0v) is 22.6. The maximum Gasteiger partial charge on any atom is 0.421 e. The maximum absolute atomic E-state index is 14.4. The topological polar surface area (TPSA) is 100 Å². The molecule has 0 saturated carbocycles. The lowest BCUT2D eigenvalue weighted by Gasteiger charge is -2.12. The Kier molecular flexibility index (Phi) is 9.08. The summed E-state index contributed by atoms with van der Waals surface area (Å²) < 4.78 is 66.4. The molecule has 3 aromatic heterocycles. The number of hydrogen-bond donors (Lipinski definition) is 1. The van der Waals surface area contributed by atoms with Gasteiger partial charge in [0.05, 0.1) is 49.6 Å². The molecule has 0 spiro atoms. The van der Waals surface area contributed by atoms with Crippen LogP contribution in [0.1, 0.15) is 38.4 Å². The highest BCUT2D eigenvalue weighted by molar-refractivity contribution is 6.30. The lowest BCUT2D eigenvalue weighted by atomic mass is 10.1. The fraction of sp³-hybridized carbons (Fsp3) is 0.259. The Hall–Kier alpha value is -4.23. The molecule has 0 atom stereocenters. The molecule has 0 aliphatic heterocycles. The van der Waals surface area contributed by atoms with Crippen LogP contribution in [0.2, 0.25) is 5.02 Å². The Morgan fingerprint density at radius 2 is 1.73 bits per heavy atom. The number of carbonyl (C=O) groups is 1. The number of aromatic nitrogens is 4. The van der Waals surface area contributed by atoms with Gasteiger partial charge >= 0.3 is 6.18 Å². The van der Waals surface area contributed by atoms with E-state index in [1.54, 1.807) is 24.3 Å². The Bertz CT molecular complexity index is 1600. The molecule has 0 radical (unpaired) electrons. The van der Waals surface area contributed by atoms with Gasteiger partial charge in [-0.3, -0.25) is 19.3 Å². The van der Waals surface area contributed by atoms with Gasteiger partial charge in [0.2, 0.25) is 0 Å². The minimum atomic E-state index is -4.82. The third-order valence-electron chi connectivity index (χ3n) is 6.00. The van der Waals surface area contributed by atoms with Crippen molar-refractivity contribution in [3.63, 3.8) is 0 Å². The first kappa shape index (κ1) is 29.7. The summed E-state index contributed by atoms with van der Waals surface area (Å²) in [4.78, 5) is 29.1. The third kappa shape index (κ3) is 7.11. The lowest BCUT2D eigenvalue weighted by molar-refractivity contribution is -0.138. The third-order valence-corrected chi connectivity index (χ3v) is 6.21. The summed E-state index contributed by atoms with van der Waals surface area (Å²) in [5.74, 6) is -1.17. The Morgan fingerprint density at radius 1 is 1.05 bits per heavy atom. The van der Waals surface area contributed by atoms with Crippen molar-refractivity contribution in [3.05, 3.63) is 110 Å². The second kappa shape index (κ2) is 12.5. The van der Waals surface area contributed by atoms with Gasteiger partial charge in [-0.15, -0.1) is 0 Å². The Balaban J connectivity index is 1.47. The monoisotopic (exact) mass is 593 g/mol. The number of nitrogens with one attached hydrogen (secondary N) is 1. The molecule has 3 heterocycles. The summed E-state index contributed by atoms with van der Waals surface area (Å²) in [6, 6.07) is 8.76. The normalized spacial score (nSPS) is 11.5. The second-order valence-corrected chi connectivity index (χ2v) is 9.33. The first-order valence-corrected chi connectivity index (χ1v) is 12.4. The van der Waals surface area contributed by atoms with Crippen LogP contribution in [0.25, 0.3) is 0 Å². The van der Waals surface area contributed by atoms with Crippen molar-refractivity contribution in [1.82, 2.24) is 24.6 Å². The summed E-state index contributed by atoms with van der Waals surface area (Å²) in [5, 5.41) is 6.83. The zero-order valence-electron chi connectivity index (χ0n) is 21.8. The van der Waals surface area contributed by atoms with Crippen LogP contribution in [0.5, 0.6) is 5.75 Å². The highest BCUT2D eigenvalue weighted by Crippen LogP contribution is 2.28. The van der Waals surface area contributed by atoms with E-state index in [2.05, 4.69) is 15.4 Å². The largest absolute Gasteiger partial charge is 0.494 e.